The molecule has 0 radical (unpaired) electrons. The fraction of sp³-hybridized carbons (Fsp3) is 0.296. The Balaban J connectivity index is 2.11. The van der Waals surface area contributed by atoms with Crippen LogP contribution in [0, 0.1) is 0 Å². The SMILES string of the molecule is CC(C)=CCOc1ccc(/C=C/C(=O)c2ccc(OCC=C(C)C)cc2OCC(O)O)cc1. The summed E-state index contributed by atoms with van der Waals surface area (Å²) < 4.78 is 16.7. The molecular formula is C27H32O6. The summed E-state index contributed by atoms with van der Waals surface area (Å²) in [5.74, 6) is 1.20. The van der Waals surface area contributed by atoms with Crippen LogP contribution in [-0.2, 0) is 0 Å². The number of benzene rings is 2. The molecule has 0 spiro atoms. The molecule has 0 aromatic heterocycles. The van der Waals surface area contributed by atoms with Crippen LogP contribution in [0.5, 0.6) is 17.2 Å². The lowest BCUT2D eigenvalue weighted by Crippen LogP contribution is -2.17. The van der Waals surface area contributed by atoms with Crippen LogP contribution in [0.25, 0.3) is 6.08 Å². The molecule has 33 heavy (non-hydrogen) atoms. The van der Waals surface area contributed by atoms with Gasteiger partial charge in [-0.05, 0) is 75.8 Å². The molecule has 176 valence electrons. The topological polar surface area (TPSA) is 85.2 Å². The van der Waals surface area contributed by atoms with Gasteiger partial charge in [-0.1, -0.05) is 29.4 Å². The van der Waals surface area contributed by atoms with Crippen molar-refractivity contribution in [2.24, 2.45) is 0 Å². The summed E-state index contributed by atoms with van der Waals surface area (Å²) in [6, 6.07) is 12.3. The number of carbonyl (C=O) groups excluding carboxylic acids is 1. The highest BCUT2D eigenvalue weighted by Crippen LogP contribution is 2.26. The number of aliphatic hydroxyl groups is 2. The van der Waals surface area contributed by atoms with Crippen molar-refractivity contribution < 1.29 is 29.2 Å². The standard InChI is InChI=1S/C27H32O6/c1-19(2)13-15-31-22-8-5-21(6-9-22)7-12-25(28)24-11-10-23(32-16-14-20(3)4)17-26(24)33-18-27(29)30/h5-14,17,27,29-30H,15-16,18H2,1-4H3/b12-7+. The number of aliphatic hydroxyl groups excluding tert-OH is 1. The maximum atomic E-state index is 12.8. The molecule has 0 atom stereocenters. The Hall–Kier alpha value is -3.35. The summed E-state index contributed by atoms with van der Waals surface area (Å²) in [7, 11) is 0. The third-order valence-corrected chi connectivity index (χ3v) is 4.40. The van der Waals surface area contributed by atoms with Gasteiger partial charge in [0, 0.05) is 6.07 Å². The Morgan fingerprint density at radius 3 is 2.00 bits per heavy atom. The highest BCUT2D eigenvalue weighted by atomic mass is 16.5. The van der Waals surface area contributed by atoms with Gasteiger partial charge in [-0.2, -0.15) is 0 Å². The Labute approximate surface area is 195 Å². The quantitative estimate of drug-likeness (QED) is 0.205. The molecule has 0 saturated carbocycles. The van der Waals surface area contributed by atoms with Crippen LogP contribution in [0.15, 0.2) is 71.8 Å². The third kappa shape index (κ3) is 9.76. The summed E-state index contributed by atoms with van der Waals surface area (Å²) in [6.45, 7) is 8.50. The lowest BCUT2D eigenvalue weighted by atomic mass is 10.1. The molecule has 2 aromatic rings. The van der Waals surface area contributed by atoms with E-state index in [1.54, 1.807) is 24.3 Å². The first-order valence-corrected chi connectivity index (χ1v) is 10.7. The van der Waals surface area contributed by atoms with E-state index in [0.29, 0.717) is 24.5 Å². The maximum Gasteiger partial charge on any atom is 0.189 e. The highest BCUT2D eigenvalue weighted by molar-refractivity contribution is 6.08. The molecule has 0 saturated heterocycles. The average molecular weight is 453 g/mol. The minimum atomic E-state index is -1.66. The first-order chi connectivity index (χ1) is 15.7. The molecule has 2 N–H and O–H groups in total. The molecule has 2 aromatic carbocycles. The smallest absolute Gasteiger partial charge is 0.189 e. The van der Waals surface area contributed by atoms with Crippen molar-refractivity contribution in [2.75, 3.05) is 19.8 Å². The molecular weight excluding hydrogens is 420 g/mol. The van der Waals surface area contributed by atoms with Gasteiger partial charge in [0.1, 0.15) is 37.1 Å². The van der Waals surface area contributed by atoms with Crippen LogP contribution in [-0.4, -0.2) is 42.1 Å². The summed E-state index contributed by atoms with van der Waals surface area (Å²) in [5.41, 5.74) is 3.45. The number of allylic oxidation sites excluding steroid dienone is 3. The average Bonchev–Trinajstić information content (AvgIpc) is 2.76. The molecule has 0 bridgehead atoms. The number of ketones is 1. The Morgan fingerprint density at radius 1 is 0.848 bits per heavy atom. The first kappa shape index (κ1) is 25.9. The fourth-order valence-electron chi connectivity index (χ4n) is 2.63. The van der Waals surface area contributed by atoms with E-state index < -0.39 is 6.29 Å². The second-order valence-electron chi connectivity index (χ2n) is 7.90. The number of hydrogen-bond acceptors (Lipinski definition) is 6. The zero-order valence-corrected chi connectivity index (χ0v) is 19.6. The summed E-state index contributed by atoms with van der Waals surface area (Å²) >= 11 is 0. The van der Waals surface area contributed by atoms with Crippen LogP contribution in [0.2, 0.25) is 0 Å². The molecule has 0 fully saturated rings. The highest BCUT2D eigenvalue weighted by Gasteiger charge is 2.13. The van der Waals surface area contributed by atoms with Gasteiger partial charge in [-0.25, -0.2) is 0 Å². The molecule has 6 heteroatoms. The monoisotopic (exact) mass is 452 g/mol. The van der Waals surface area contributed by atoms with Gasteiger partial charge in [0.25, 0.3) is 0 Å². The fourth-order valence-corrected chi connectivity index (χ4v) is 2.63. The lowest BCUT2D eigenvalue weighted by molar-refractivity contribution is -0.0681. The van der Waals surface area contributed by atoms with Crippen LogP contribution in [0.1, 0.15) is 43.6 Å². The van der Waals surface area contributed by atoms with Gasteiger partial charge in [-0.15, -0.1) is 0 Å². The maximum absolute atomic E-state index is 12.8. The van der Waals surface area contributed by atoms with Gasteiger partial charge in [0.05, 0.1) is 5.56 Å². The second kappa shape index (κ2) is 13.3. The summed E-state index contributed by atoms with van der Waals surface area (Å²) in [5, 5.41) is 18.3. The van der Waals surface area contributed by atoms with E-state index in [9.17, 15) is 4.79 Å². The molecule has 0 aliphatic rings. The van der Waals surface area contributed by atoms with E-state index in [0.717, 1.165) is 16.9 Å². The molecule has 0 unspecified atom stereocenters. The van der Waals surface area contributed by atoms with Crippen molar-refractivity contribution in [3.63, 3.8) is 0 Å². The van der Waals surface area contributed by atoms with Crippen molar-refractivity contribution in [1.82, 2.24) is 0 Å². The van der Waals surface area contributed by atoms with E-state index in [1.807, 2.05) is 64.1 Å². The van der Waals surface area contributed by atoms with E-state index in [-0.39, 0.29) is 18.1 Å². The molecule has 2 rings (SSSR count). The normalized spacial score (nSPS) is 10.8. The van der Waals surface area contributed by atoms with Crippen LogP contribution in [0.4, 0.5) is 0 Å². The molecule has 0 aliphatic heterocycles. The molecule has 6 nitrogen and oxygen atoms in total. The second-order valence-corrected chi connectivity index (χ2v) is 7.90. The molecule has 0 heterocycles. The number of ether oxygens (including phenoxy) is 3. The third-order valence-electron chi connectivity index (χ3n) is 4.40. The summed E-state index contributed by atoms with van der Waals surface area (Å²) in [4.78, 5) is 12.8. The number of rotatable bonds is 12. The minimum Gasteiger partial charge on any atom is -0.490 e. The van der Waals surface area contributed by atoms with E-state index in [1.165, 1.54) is 11.6 Å². The Bertz CT molecular complexity index is 992. The van der Waals surface area contributed by atoms with Crippen molar-refractivity contribution in [1.29, 1.82) is 0 Å². The van der Waals surface area contributed by atoms with E-state index in [2.05, 4.69) is 0 Å². The van der Waals surface area contributed by atoms with E-state index in [4.69, 9.17) is 24.4 Å². The van der Waals surface area contributed by atoms with Gasteiger partial charge in [0.2, 0.25) is 0 Å². The first-order valence-electron chi connectivity index (χ1n) is 10.7. The molecule has 0 amide bonds. The van der Waals surface area contributed by atoms with E-state index >= 15 is 0 Å². The zero-order chi connectivity index (χ0) is 24.2. The van der Waals surface area contributed by atoms with Crippen molar-refractivity contribution in [3.05, 3.63) is 83.0 Å². The predicted molar refractivity (Wildman–Crippen MR) is 130 cm³/mol. The lowest BCUT2D eigenvalue weighted by Gasteiger charge is -2.13. The molecule has 0 aliphatic carbocycles. The number of hydrogen-bond donors (Lipinski definition) is 2. The Morgan fingerprint density at radius 2 is 1.42 bits per heavy atom. The summed E-state index contributed by atoms with van der Waals surface area (Å²) in [6.07, 6.45) is 5.42. The largest absolute Gasteiger partial charge is 0.490 e. The van der Waals surface area contributed by atoms with Crippen molar-refractivity contribution in [3.8, 4) is 17.2 Å². The van der Waals surface area contributed by atoms with Crippen LogP contribution >= 0.6 is 0 Å². The van der Waals surface area contributed by atoms with Gasteiger partial charge in [0.15, 0.2) is 12.1 Å². The van der Waals surface area contributed by atoms with Crippen molar-refractivity contribution in [2.45, 2.75) is 34.0 Å². The van der Waals surface area contributed by atoms with Crippen LogP contribution in [0.3, 0.4) is 0 Å². The predicted octanol–water partition coefficient (Wildman–Crippen LogP) is 4.96. The van der Waals surface area contributed by atoms with Crippen molar-refractivity contribution >= 4 is 11.9 Å². The number of carbonyl (C=O) groups is 1. The Kier molecular flexibility index (Phi) is 10.4. The van der Waals surface area contributed by atoms with Gasteiger partial charge < -0.3 is 24.4 Å². The van der Waals surface area contributed by atoms with Gasteiger partial charge in [-0.3, -0.25) is 4.79 Å². The zero-order valence-electron chi connectivity index (χ0n) is 19.6. The minimum absolute atomic E-state index is 0.218. The van der Waals surface area contributed by atoms with Crippen LogP contribution < -0.4 is 14.2 Å². The van der Waals surface area contributed by atoms with Gasteiger partial charge >= 0.3 is 0 Å².